The number of pyridine rings is 2. The maximum Gasteiger partial charge on any atom is 0.259 e. The average Bonchev–Trinajstić information content (AvgIpc) is 2.26. The van der Waals surface area contributed by atoms with E-state index in [0.29, 0.717) is 16.4 Å². The molecule has 0 radical (unpaired) electrons. The summed E-state index contributed by atoms with van der Waals surface area (Å²) < 4.78 is 0. The monoisotopic (exact) mass is 275 g/mol. The first kappa shape index (κ1) is 13.5. The van der Waals surface area contributed by atoms with E-state index in [1.165, 1.54) is 6.20 Å². The first-order valence-corrected chi connectivity index (χ1v) is 6.22. The minimum atomic E-state index is -0.310. The molecule has 98 valence electrons. The van der Waals surface area contributed by atoms with Crippen LogP contribution in [-0.4, -0.2) is 15.9 Å². The van der Waals surface area contributed by atoms with Gasteiger partial charge in [-0.25, -0.2) is 4.98 Å². The van der Waals surface area contributed by atoms with Crippen molar-refractivity contribution < 1.29 is 4.79 Å². The fraction of sp³-hybridized carbons (Fsp3) is 0.214. The summed E-state index contributed by atoms with van der Waals surface area (Å²) in [6.45, 7) is 5.65. The van der Waals surface area contributed by atoms with Gasteiger partial charge in [0, 0.05) is 17.6 Å². The molecule has 2 aromatic rings. The van der Waals surface area contributed by atoms with Crippen LogP contribution in [0.3, 0.4) is 0 Å². The maximum atomic E-state index is 12.1. The Balaban J connectivity index is 2.25. The van der Waals surface area contributed by atoms with Crippen LogP contribution in [0.4, 0.5) is 5.82 Å². The zero-order valence-corrected chi connectivity index (χ0v) is 11.7. The number of halogens is 1. The number of aryl methyl sites for hydroxylation is 3. The first-order valence-electron chi connectivity index (χ1n) is 5.84. The van der Waals surface area contributed by atoms with Crippen LogP contribution < -0.4 is 5.32 Å². The number of nitrogens with one attached hydrogen (secondary N) is 1. The summed E-state index contributed by atoms with van der Waals surface area (Å²) in [5.41, 5.74) is 3.00. The Morgan fingerprint density at radius 2 is 1.89 bits per heavy atom. The highest BCUT2D eigenvalue weighted by Crippen LogP contribution is 2.17. The highest BCUT2D eigenvalue weighted by atomic mass is 35.5. The summed E-state index contributed by atoms with van der Waals surface area (Å²) in [4.78, 5) is 20.4. The Kier molecular flexibility index (Phi) is 3.81. The molecule has 0 aliphatic heterocycles. The van der Waals surface area contributed by atoms with Crippen LogP contribution >= 0.6 is 11.6 Å². The summed E-state index contributed by atoms with van der Waals surface area (Å²) in [5, 5.41) is 3.11. The van der Waals surface area contributed by atoms with Gasteiger partial charge in [-0.1, -0.05) is 11.6 Å². The number of rotatable bonds is 2. The Hall–Kier alpha value is -1.94. The van der Waals surface area contributed by atoms with Crippen LogP contribution in [0.1, 0.15) is 27.3 Å². The molecule has 0 aliphatic carbocycles. The van der Waals surface area contributed by atoms with Gasteiger partial charge >= 0.3 is 0 Å². The molecule has 5 heteroatoms. The van der Waals surface area contributed by atoms with Crippen molar-refractivity contribution in [1.82, 2.24) is 9.97 Å². The van der Waals surface area contributed by atoms with Crippen molar-refractivity contribution in [1.29, 1.82) is 0 Å². The van der Waals surface area contributed by atoms with Crippen molar-refractivity contribution in [3.8, 4) is 0 Å². The number of hydrogen-bond acceptors (Lipinski definition) is 3. The topological polar surface area (TPSA) is 54.9 Å². The third-order valence-electron chi connectivity index (χ3n) is 2.57. The Labute approximate surface area is 116 Å². The molecule has 2 aromatic heterocycles. The predicted octanol–water partition coefficient (Wildman–Crippen LogP) is 3.31. The molecule has 0 fully saturated rings. The summed E-state index contributed by atoms with van der Waals surface area (Å²) in [6.07, 6.45) is 1.47. The highest BCUT2D eigenvalue weighted by Gasteiger charge is 2.12. The van der Waals surface area contributed by atoms with Gasteiger partial charge in [0.05, 0.1) is 10.6 Å². The zero-order chi connectivity index (χ0) is 14.0. The minimum Gasteiger partial charge on any atom is -0.306 e. The Bertz CT molecular complexity index is 620. The van der Waals surface area contributed by atoms with Gasteiger partial charge in [0.2, 0.25) is 0 Å². The lowest BCUT2D eigenvalue weighted by Crippen LogP contribution is -2.14. The molecule has 0 saturated heterocycles. The molecule has 0 bridgehead atoms. The van der Waals surface area contributed by atoms with Crippen LogP contribution in [0, 0.1) is 20.8 Å². The van der Waals surface area contributed by atoms with Crippen molar-refractivity contribution in [2.24, 2.45) is 0 Å². The number of nitrogens with zero attached hydrogens (tertiary/aromatic N) is 2. The smallest absolute Gasteiger partial charge is 0.259 e. The van der Waals surface area contributed by atoms with Crippen LogP contribution in [-0.2, 0) is 0 Å². The lowest BCUT2D eigenvalue weighted by atomic mass is 10.2. The molecule has 1 N–H and O–H groups in total. The SMILES string of the molecule is Cc1cc(C)nc(NC(=O)c2cnc(C)cc2Cl)c1. The Morgan fingerprint density at radius 3 is 2.53 bits per heavy atom. The molecule has 0 atom stereocenters. The number of aromatic nitrogens is 2. The van der Waals surface area contributed by atoms with Crippen molar-refractivity contribution in [3.63, 3.8) is 0 Å². The van der Waals surface area contributed by atoms with E-state index in [0.717, 1.165) is 17.0 Å². The largest absolute Gasteiger partial charge is 0.306 e. The van der Waals surface area contributed by atoms with Gasteiger partial charge in [-0.2, -0.15) is 0 Å². The molecule has 0 unspecified atom stereocenters. The van der Waals surface area contributed by atoms with Crippen molar-refractivity contribution >= 4 is 23.3 Å². The van der Waals surface area contributed by atoms with Crippen molar-refractivity contribution in [2.45, 2.75) is 20.8 Å². The van der Waals surface area contributed by atoms with Crippen molar-refractivity contribution in [3.05, 3.63) is 51.9 Å². The fourth-order valence-corrected chi connectivity index (χ4v) is 2.08. The lowest BCUT2D eigenvalue weighted by molar-refractivity contribution is 0.102. The van der Waals surface area contributed by atoms with E-state index in [1.54, 1.807) is 12.1 Å². The molecular weight excluding hydrogens is 262 g/mol. The number of carbonyl (C=O) groups excluding carboxylic acids is 1. The van der Waals surface area contributed by atoms with E-state index in [4.69, 9.17) is 11.6 Å². The summed E-state index contributed by atoms with van der Waals surface area (Å²) in [7, 11) is 0. The number of amides is 1. The third-order valence-corrected chi connectivity index (χ3v) is 2.89. The molecule has 2 rings (SSSR count). The molecule has 1 amide bonds. The molecule has 4 nitrogen and oxygen atoms in total. The number of anilines is 1. The minimum absolute atomic E-state index is 0.310. The normalized spacial score (nSPS) is 10.3. The van der Waals surface area contributed by atoms with Gasteiger partial charge in [0.25, 0.3) is 5.91 Å². The molecule has 2 heterocycles. The quantitative estimate of drug-likeness (QED) is 0.915. The van der Waals surface area contributed by atoms with E-state index < -0.39 is 0 Å². The van der Waals surface area contributed by atoms with E-state index in [1.807, 2.05) is 26.8 Å². The van der Waals surface area contributed by atoms with Gasteiger partial charge in [-0.05, 0) is 44.5 Å². The standard InChI is InChI=1S/C14H14ClN3O/c1-8-4-10(3)17-13(5-8)18-14(19)11-7-16-9(2)6-12(11)15/h4-7H,1-3H3,(H,17,18,19). The molecule has 0 spiro atoms. The van der Waals surface area contributed by atoms with Crippen LogP contribution in [0.15, 0.2) is 24.4 Å². The lowest BCUT2D eigenvalue weighted by Gasteiger charge is -2.07. The van der Waals surface area contributed by atoms with E-state index in [9.17, 15) is 4.79 Å². The Morgan fingerprint density at radius 1 is 1.16 bits per heavy atom. The first-order chi connectivity index (χ1) is 8.95. The van der Waals surface area contributed by atoms with Gasteiger partial charge in [0.15, 0.2) is 0 Å². The summed E-state index contributed by atoms with van der Waals surface area (Å²) >= 11 is 6.03. The molecule has 0 saturated carbocycles. The second-order valence-corrected chi connectivity index (χ2v) is 4.84. The van der Waals surface area contributed by atoms with Crippen LogP contribution in [0.5, 0.6) is 0 Å². The second-order valence-electron chi connectivity index (χ2n) is 4.43. The molecule has 19 heavy (non-hydrogen) atoms. The van der Waals surface area contributed by atoms with E-state index in [-0.39, 0.29) is 5.91 Å². The van der Waals surface area contributed by atoms with E-state index >= 15 is 0 Å². The number of carbonyl (C=O) groups is 1. The number of hydrogen-bond donors (Lipinski definition) is 1. The zero-order valence-electron chi connectivity index (χ0n) is 11.0. The van der Waals surface area contributed by atoms with Crippen LogP contribution in [0.25, 0.3) is 0 Å². The summed E-state index contributed by atoms with van der Waals surface area (Å²) in [6, 6.07) is 5.40. The van der Waals surface area contributed by atoms with Gasteiger partial charge in [-0.15, -0.1) is 0 Å². The maximum absolute atomic E-state index is 12.1. The van der Waals surface area contributed by atoms with E-state index in [2.05, 4.69) is 15.3 Å². The average molecular weight is 276 g/mol. The third kappa shape index (κ3) is 3.29. The fourth-order valence-electron chi connectivity index (χ4n) is 1.78. The molecule has 0 aromatic carbocycles. The molecular formula is C14H14ClN3O. The predicted molar refractivity (Wildman–Crippen MR) is 75.6 cm³/mol. The second kappa shape index (κ2) is 5.36. The highest BCUT2D eigenvalue weighted by molar-refractivity contribution is 6.34. The molecule has 0 aliphatic rings. The van der Waals surface area contributed by atoms with Gasteiger partial charge in [-0.3, -0.25) is 9.78 Å². The summed E-state index contributed by atoms with van der Waals surface area (Å²) in [5.74, 6) is 0.203. The van der Waals surface area contributed by atoms with Gasteiger partial charge < -0.3 is 5.32 Å². The van der Waals surface area contributed by atoms with Crippen molar-refractivity contribution in [2.75, 3.05) is 5.32 Å². The van der Waals surface area contributed by atoms with Crippen LogP contribution in [0.2, 0.25) is 5.02 Å². The van der Waals surface area contributed by atoms with Gasteiger partial charge in [0.1, 0.15) is 5.82 Å².